The SMILES string of the molecule is O=C1Cc2cc(C(=O)CSc3nc4cc(Cl)ccc4o3)c(Cl)cc2N1. The Kier molecular flexibility index (Phi) is 4.19. The molecule has 1 aliphatic rings. The number of oxazole rings is 1. The van der Waals surface area contributed by atoms with E-state index in [-0.39, 0.29) is 23.9 Å². The number of carbonyl (C=O) groups excluding carboxylic acids is 2. The highest BCUT2D eigenvalue weighted by Crippen LogP contribution is 2.31. The van der Waals surface area contributed by atoms with Gasteiger partial charge in [0, 0.05) is 16.3 Å². The summed E-state index contributed by atoms with van der Waals surface area (Å²) in [5.41, 5.74) is 3.08. The number of hydrogen-bond donors (Lipinski definition) is 1. The molecule has 2 heterocycles. The van der Waals surface area contributed by atoms with Crippen LogP contribution in [0.5, 0.6) is 0 Å². The molecular formula is C17H10Cl2N2O3S. The van der Waals surface area contributed by atoms with E-state index < -0.39 is 0 Å². The molecule has 0 saturated heterocycles. The van der Waals surface area contributed by atoms with Crippen molar-refractivity contribution in [2.24, 2.45) is 0 Å². The lowest BCUT2D eigenvalue weighted by Gasteiger charge is -2.06. The Balaban J connectivity index is 1.52. The first kappa shape index (κ1) is 16.4. The Morgan fingerprint density at radius 3 is 2.96 bits per heavy atom. The van der Waals surface area contributed by atoms with Crippen molar-refractivity contribution in [2.45, 2.75) is 11.6 Å². The van der Waals surface area contributed by atoms with E-state index in [1.54, 1.807) is 30.3 Å². The van der Waals surface area contributed by atoms with Crippen molar-refractivity contribution in [1.29, 1.82) is 0 Å². The summed E-state index contributed by atoms with van der Waals surface area (Å²) in [5.74, 6) is -0.131. The normalized spacial score (nSPS) is 13.1. The number of rotatable bonds is 4. The second kappa shape index (κ2) is 6.37. The Labute approximate surface area is 156 Å². The number of benzene rings is 2. The van der Waals surface area contributed by atoms with Gasteiger partial charge in [-0.15, -0.1) is 0 Å². The lowest BCUT2D eigenvalue weighted by atomic mass is 10.1. The van der Waals surface area contributed by atoms with Crippen LogP contribution in [0.2, 0.25) is 10.0 Å². The Morgan fingerprint density at radius 2 is 2.12 bits per heavy atom. The first-order valence-electron chi connectivity index (χ1n) is 7.34. The van der Waals surface area contributed by atoms with E-state index >= 15 is 0 Å². The summed E-state index contributed by atoms with van der Waals surface area (Å²) in [4.78, 5) is 28.2. The largest absolute Gasteiger partial charge is 0.431 e. The molecule has 0 unspecified atom stereocenters. The summed E-state index contributed by atoms with van der Waals surface area (Å²) in [6.45, 7) is 0. The lowest BCUT2D eigenvalue weighted by Crippen LogP contribution is -2.04. The number of nitrogens with one attached hydrogen (secondary N) is 1. The zero-order valence-electron chi connectivity index (χ0n) is 12.6. The fourth-order valence-electron chi connectivity index (χ4n) is 2.61. The average Bonchev–Trinajstić information content (AvgIpc) is 3.12. The van der Waals surface area contributed by atoms with Gasteiger partial charge in [-0.3, -0.25) is 9.59 Å². The topological polar surface area (TPSA) is 72.2 Å². The molecule has 0 radical (unpaired) electrons. The van der Waals surface area contributed by atoms with Gasteiger partial charge in [0.15, 0.2) is 11.4 Å². The van der Waals surface area contributed by atoms with Gasteiger partial charge >= 0.3 is 0 Å². The summed E-state index contributed by atoms with van der Waals surface area (Å²) in [6.07, 6.45) is 0.256. The molecular weight excluding hydrogens is 383 g/mol. The van der Waals surface area contributed by atoms with Gasteiger partial charge in [-0.05, 0) is 35.9 Å². The maximum Gasteiger partial charge on any atom is 0.257 e. The third kappa shape index (κ3) is 3.25. The number of halogens is 2. The van der Waals surface area contributed by atoms with Crippen molar-refractivity contribution in [1.82, 2.24) is 4.98 Å². The van der Waals surface area contributed by atoms with Gasteiger partial charge in [-0.25, -0.2) is 4.98 Å². The summed E-state index contributed by atoms with van der Waals surface area (Å²) < 4.78 is 5.58. The average molecular weight is 393 g/mol. The van der Waals surface area contributed by atoms with Gasteiger partial charge in [0.25, 0.3) is 5.22 Å². The molecule has 3 aromatic rings. The van der Waals surface area contributed by atoms with Crippen molar-refractivity contribution >= 4 is 63.4 Å². The van der Waals surface area contributed by atoms with Gasteiger partial charge in [-0.2, -0.15) is 0 Å². The standard InChI is InChI=1S/C17H10Cl2N2O3S/c18-9-1-2-15-13(5-9)21-17(24-15)25-7-14(22)10-3-8-4-16(23)20-12(8)6-11(10)19/h1-3,5-6H,4,7H2,(H,20,23). The number of amides is 1. The van der Waals surface area contributed by atoms with Gasteiger partial charge in [-0.1, -0.05) is 35.0 Å². The van der Waals surface area contributed by atoms with Crippen molar-refractivity contribution in [3.63, 3.8) is 0 Å². The monoisotopic (exact) mass is 392 g/mol. The quantitative estimate of drug-likeness (QED) is 0.518. The van der Waals surface area contributed by atoms with Crippen LogP contribution in [0.1, 0.15) is 15.9 Å². The molecule has 1 aromatic heterocycles. The van der Waals surface area contributed by atoms with Crippen LogP contribution in [-0.2, 0) is 11.2 Å². The molecule has 25 heavy (non-hydrogen) atoms. The van der Waals surface area contributed by atoms with Crippen LogP contribution in [0.15, 0.2) is 40.0 Å². The molecule has 1 amide bonds. The molecule has 0 saturated carbocycles. The van der Waals surface area contributed by atoms with E-state index in [1.807, 2.05) is 0 Å². The molecule has 2 aromatic carbocycles. The predicted octanol–water partition coefficient (Wildman–Crippen LogP) is 4.60. The number of nitrogens with zero attached hydrogens (tertiary/aromatic N) is 1. The number of fused-ring (bicyclic) bond motifs is 2. The molecule has 4 rings (SSSR count). The Hall–Kier alpha value is -2.02. The first-order chi connectivity index (χ1) is 12.0. The van der Waals surface area contributed by atoms with Crippen molar-refractivity contribution in [3.8, 4) is 0 Å². The van der Waals surface area contributed by atoms with E-state index in [4.69, 9.17) is 27.6 Å². The molecule has 1 aliphatic heterocycles. The molecule has 0 atom stereocenters. The summed E-state index contributed by atoms with van der Waals surface area (Å²) in [6, 6.07) is 8.44. The van der Waals surface area contributed by atoms with E-state index in [2.05, 4.69) is 10.3 Å². The van der Waals surface area contributed by atoms with E-state index in [9.17, 15) is 9.59 Å². The number of ketones is 1. The van der Waals surface area contributed by atoms with Gasteiger partial charge in [0.05, 0.1) is 17.2 Å². The van der Waals surface area contributed by atoms with Crippen LogP contribution >= 0.6 is 35.0 Å². The minimum atomic E-state index is -0.155. The van der Waals surface area contributed by atoms with Crippen LogP contribution in [0, 0.1) is 0 Å². The third-order valence-electron chi connectivity index (χ3n) is 3.78. The third-order valence-corrected chi connectivity index (χ3v) is 5.15. The summed E-state index contributed by atoms with van der Waals surface area (Å²) in [7, 11) is 0. The zero-order valence-corrected chi connectivity index (χ0v) is 15.0. The first-order valence-corrected chi connectivity index (χ1v) is 9.08. The lowest BCUT2D eigenvalue weighted by molar-refractivity contribution is -0.115. The molecule has 126 valence electrons. The second-order valence-electron chi connectivity index (χ2n) is 5.52. The predicted molar refractivity (Wildman–Crippen MR) is 97.9 cm³/mol. The number of hydrogen-bond acceptors (Lipinski definition) is 5. The molecule has 0 spiro atoms. The molecule has 0 fully saturated rings. The number of carbonyl (C=O) groups is 2. The second-order valence-corrected chi connectivity index (χ2v) is 7.29. The van der Waals surface area contributed by atoms with E-state index in [0.29, 0.717) is 37.6 Å². The minimum absolute atomic E-state index is 0.102. The van der Waals surface area contributed by atoms with Crippen LogP contribution in [0.4, 0.5) is 5.69 Å². The Bertz CT molecular complexity index is 1030. The number of aromatic nitrogens is 1. The molecule has 5 nitrogen and oxygen atoms in total. The Morgan fingerprint density at radius 1 is 1.28 bits per heavy atom. The highest BCUT2D eigenvalue weighted by atomic mass is 35.5. The van der Waals surface area contributed by atoms with Gasteiger partial charge < -0.3 is 9.73 Å². The highest BCUT2D eigenvalue weighted by molar-refractivity contribution is 7.99. The fraction of sp³-hybridized carbons (Fsp3) is 0.118. The summed E-state index contributed by atoms with van der Waals surface area (Å²) >= 11 is 13.3. The highest BCUT2D eigenvalue weighted by Gasteiger charge is 2.22. The number of anilines is 1. The smallest absolute Gasteiger partial charge is 0.257 e. The summed E-state index contributed by atoms with van der Waals surface area (Å²) in [5, 5.41) is 3.98. The van der Waals surface area contributed by atoms with Crippen LogP contribution < -0.4 is 5.32 Å². The van der Waals surface area contributed by atoms with Gasteiger partial charge in [0.1, 0.15) is 5.52 Å². The van der Waals surface area contributed by atoms with Crippen LogP contribution in [0.25, 0.3) is 11.1 Å². The van der Waals surface area contributed by atoms with Crippen molar-refractivity contribution < 1.29 is 14.0 Å². The van der Waals surface area contributed by atoms with Crippen molar-refractivity contribution in [2.75, 3.05) is 11.1 Å². The van der Waals surface area contributed by atoms with E-state index in [0.717, 1.165) is 5.56 Å². The maximum absolute atomic E-state index is 12.5. The van der Waals surface area contributed by atoms with Gasteiger partial charge in [0.2, 0.25) is 5.91 Å². The molecule has 1 N–H and O–H groups in total. The maximum atomic E-state index is 12.5. The molecule has 0 aliphatic carbocycles. The minimum Gasteiger partial charge on any atom is -0.431 e. The zero-order chi connectivity index (χ0) is 17.6. The number of Topliss-reactive ketones (excluding diaryl/α,β-unsaturated/α-hetero) is 1. The molecule has 8 heteroatoms. The van der Waals surface area contributed by atoms with Crippen LogP contribution in [-0.4, -0.2) is 22.4 Å². The van der Waals surface area contributed by atoms with Crippen LogP contribution in [0.3, 0.4) is 0 Å². The van der Waals surface area contributed by atoms with E-state index in [1.165, 1.54) is 11.8 Å². The van der Waals surface area contributed by atoms with Crippen molar-refractivity contribution in [3.05, 3.63) is 51.5 Å². The number of thioether (sulfide) groups is 1. The molecule has 0 bridgehead atoms. The fourth-order valence-corrected chi connectivity index (χ4v) is 3.77.